The second-order valence-electron chi connectivity index (χ2n) is 3.60. The highest BCUT2D eigenvalue weighted by molar-refractivity contribution is 5.33. The Kier molecular flexibility index (Phi) is 4.06. The first-order valence-electron chi connectivity index (χ1n) is 5.66. The SMILES string of the molecule is CCCOc1ccc(Oc2cc(F)ncn2)cc1. The van der Waals surface area contributed by atoms with E-state index in [1.807, 2.05) is 6.92 Å². The van der Waals surface area contributed by atoms with Crippen molar-refractivity contribution in [2.45, 2.75) is 13.3 Å². The monoisotopic (exact) mass is 248 g/mol. The van der Waals surface area contributed by atoms with Gasteiger partial charge in [0, 0.05) is 0 Å². The maximum atomic E-state index is 12.8. The minimum atomic E-state index is -0.622. The van der Waals surface area contributed by atoms with Crippen LogP contribution >= 0.6 is 0 Å². The zero-order valence-corrected chi connectivity index (χ0v) is 9.97. The fourth-order valence-electron chi connectivity index (χ4n) is 1.32. The van der Waals surface area contributed by atoms with Crippen LogP contribution < -0.4 is 9.47 Å². The topological polar surface area (TPSA) is 44.2 Å². The van der Waals surface area contributed by atoms with E-state index >= 15 is 0 Å². The highest BCUT2D eigenvalue weighted by atomic mass is 19.1. The standard InChI is InChI=1S/C13H13FN2O2/c1-2-7-17-10-3-5-11(6-4-10)18-13-8-12(14)15-9-16-13/h3-6,8-9H,2,7H2,1H3. The minimum Gasteiger partial charge on any atom is -0.494 e. The third-order valence-electron chi connectivity index (χ3n) is 2.13. The van der Waals surface area contributed by atoms with Crippen LogP contribution in [0.2, 0.25) is 0 Å². The third kappa shape index (κ3) is 3.41. The van der Waals surface area contributed by atoms with E-state index in [-0.39, 0.29) is 5.88 Å². The molecule has 2 rings (SSSR count). The van der Waals surface area contributed by atoms with Crippen molar-refractivity contribution in [3.05, 3.63) is 42.6 Å². The summed E-state index contributed by atoms with van der Waals surface area (Å²) in [4.78, 5) is 7.15. The Labute approximate surface area is 104 Å². The van der Waals surface area contributed by atoms with Crippen molar-refractivity contribution in [3.8, 4) is 17.4 Å². The lowest BCUT2D eigenvalue weighted by Crippen LogP contribution is -1.95. The van der Waals surface area contributed by atoms with Gasteiger partial charge < -0.3 is 9.47 Å². The largest absolute Gasteiger partial charge is 0.494 e. The highest BCUT2D eigenvalue weighted by Crippen LogP contribution is 2.22. The maximum absolute atomic E-state index is 12.8. The Morgan fingerprint density at radius 3 is 2.50 bits per heavy atom. The molecule has 0 fully saturated rings. The van der Waals surface area contributed by atoms with Gasteiger partial charge in [0.1, 0.15) is 17.8 Å². The van der Waals surface area contributed by atoms with Crippen molar-refractivity contribution in [1.29, 1.82) is 0 Å². The average Bonchev–Trinajstić information content (AvgIpc) is 2.38. The van der Waals surface area contributed by atoms with Crippen molar-refractivity contribution in [2.75, 3.05) is 6.61 Å². The molecular formula is C13H13FN2O2. The predicted molar refractivity (Wildman–Crippen MR) is 64.3 cm³/mol. The molecule has 5 heteroatoms. The zero-order valence-electron chi connectivity index (χ0n) is 9.97. The van der Waals surface area contributed by atoms with E-state index in [0.717, 1.165) is 24.6 Å². The van der Waals surface area contributed by atoms with Gasteiger partial charge in [-0.25, -0.2) is 9.97 Å². The summed E-state index contributed by atoms with van der Waals surface area (Å²) >= 11 is 0. The van der Waals surface area contributed by atoms with E-state index in [9.17, 15) is 4.39 Å². The molecule has 18 heavy (non-hydrogen) atoms. The fourth-order valence-corrected chi connectivity index (χ4v) is 1.32. The molecule has 0 unspecified atom stereocenters. The fraction of sp³-hybridized carbons (Fsp3) is 0.231. The van der Waals surface area contributed by atoms with Crippen LogP contribution in [0, 0.1) is 5.95 Å². The average molecular weight is 248 g/mol. The quantitative estimate of drug-likeness (QED) is 0.762. The smallest absolute Gasteiger partial charge is 0.225 e. The van der Waals surface area contributed by atoms with Crippen molar-refractivity contribution in [2.24, 2.45) is 0 Å². The summed E-state index contributed by atoms with van der Waals surface area (Å²) < 4.78 is 23.6. The highest BCUT2D eigenvalue weighted by Gasteiger charge is 2.01. The number of benzene rings is 1. The van der Waals surface area contributed by atoms with Gasteiger partial charge in [0.15, 0.2) is 0 Å². The maximum Gasteiger partial charge on any atom is 0.225 e. The summed E-state index contributed by atoms with van der Waals surface area (Å²) in [6, 6.07) is 8.20. The van der Waals surface area contributed by atoms with E-state index in [2.05, 4.69) is 9.97 Å². The predicted octanol–water partition coefficient (Wildman–Crippen LogP) is 3.20. The molecule has 2 aromatic rings. The molecule has 0 aliphatic carbocycles. The molecule has 0 amide bonds. The molecule has 0 aliphatic heterocycles. The van der Waals surface area contributed by atoms with E-state index in [0.29, 0.717) is 12.4 Å². The van der Waals surface area contributed by atoms with Crippen LogP contribution in [0.15, 0.2) is 36.7 Å². The lowest BCUT2D eigenvalue weighted by molar-refractivity contribution is 0.317. The molecule has 0 saturated carbocycles. The molecule has 0 radical (unpaired) electrons. The summed E-state index contributed by atoms with van der Waals surface area (Å²) in [7, 11) is 0. The Bertz CT molecular complexity index is 503. The molecule has 1 aromatic carbocycles. The van der Waals surface area contributed by atoms with E-state index in [4.69, 9.17) is 9.47 Å². The normalized spacial score (nSPS) is 10.1. The number of nitrogens with zero attached hydrogens (tertiary/aromatic N) is 2. The lowest BCUT2D eigenvalue weighted by atomic mass is 10.3. The van der Waals surface area contributed by atoms with Gasteiger partial charge in [-0.15, -0.1) is 0 Å². The van der Waals surface area contributed by atoms with Gasteiger partial charge >= 0.3 is 0 Å². The first-order valence-corrected chi connectivity index (χ1v) is 5.66. The lowest BCUT2D eigenvalue weighted by Gasteiger charge is -2.06. The molecule has 4 nitrogen and oxygen atoms in total. The van der Waals surface area contributed by atoms with Crippen LogP contribution in [-0.2, 0) is 0 Å². The van der Waals surface area contributed by atoms with Gasteiger partial charge in [-0.05, 0) is 30.7 Å². The van der Waals surface area contributed by atoms with Gasteiger partial charge in [-0.1, -0.05) is 6.92 Å². The van der Waals surface area contributed by atoms with Crippen molar-refractivity contribution in [3.63, 3.8) is 0 Å². The first-order chi connectivity index (χ1) is 8.78. The van der Waals surface area contributed by atoms with E-state index < -0.39 is 5.95 Å². The van der Waals surface area contributed by atoms with Gasteiger partial charge in [0.05, 0.1) is 12.7 Å². The molecule has 1 aromatic heterocycles. The minimum absolute atomic E-state index is 0.171. The number of hydrogen-bond donors (Lipinski definition) is 0. The van der Waals surface area contributed by atoms with Crippen LogP contribution in [0.5, 0.6) is 17.4 Å². The summed E-state index contributed by atoms with van der Waals surface area (Å²) in [6.07, 6.45) is 2.07. The summed E-state index contributed by atoms with van der Waals surface area (Å²) in [5, 5.41) is 0. The number of rotatable bonds is 5. The Morgan fingerprint density at radius 2 is 1.83 bits per heavy atom. The van der Waals surface area contributed by atoms with Crippen LogP contribution in [0.4, 0.5) is 4.39 Å². The second kappa shape index (κ2) is 5.95. The Balaban J connectivity index is 2.02. The molecule has 0 atom stereocenters. The van der Waals surface area contributed by atoms with Gasteiger partial charge in [0.25, 0.3) is 0 Å². The Morgan fingerprint density at radius 1 is 1.11 bits per heavy atom. The molecule has 1 heterocycles. The molecule has 0 aliphatic rings. The summed E-state index contributed by atoms with van der Waals surface area (Å²) in [6.45, 7) is 2.72. The molecular weight excluding hydrogens is 235 g/mol. The summed E-state index contributed by atoms with van der Waals surface area (Å²) in [5.74, 6) is 0.891. The third-order valence-corrected chi connectivity index (χ3v) is 2.13. The molecule has 0 bridgehead atoms. The molecule has 0 spiro atoms. The zero-order chi connectivity index (χ0) is 12.8. The van der Waals surface area contributed by atoms with E-state index in [1.165, 1.54) is 0 Å². The molecule has 0 N–H and O–H groups in total. The Hall–Kier alpha value is -2.17. The molecule has 0 saturated heterocycles. The van der Waals surface area contributed by atoms with Crippen molar-refractivity contribution < 1.29 is 13.9 Å². The van der Waals surface area contributed by atoms with Gasteiger partial charge in [-0.2, -0.15) is 4.39 Å². The van der Waals surface area contributed by atoms with E-state index in [1.54, 1.807) is 24.3 Å². The van der Waals surface area contributed by atoms with Gasteiger partial charge in [-0.3, -0.25) is 0 Å². The van der Waals surface area contributed by atoms with Crippen LogP contribution in [0.3, 0.4) is 0 Å². The van der Waals surface area contributed by atoms with Crippen LogP contribution in [-0.4, -0.2) is 16.6 Å². The number of aromatic nitrogens is 2. The van der Waals surface area contributed by atoms with Crippen molar-refractivity contribution in [1.82, 2.24) is 9.97 Å². The second-order valence-corrected chi connectivity index (χ2v) is 3.60. The first kappa shape index (κ1) is 12.3. The van der Waals surface area contributed by atoms with Crippen LogP contribution in [0.1, 0.15) is 13.3 Å². The number of halogens is 1. The van der Waals surface area contributed by atoms with Crippen molar-refractivity contribution >= 4 is 0 Å². The number of hydrogen-bond acceptors (Lipinski definition) is 4. The van der Waals surface area contributed by atoms with Crippen LogP contribution in [0.25, 0.3) is 0 Å². The number of ether oxygens (including phenoxy) is 2. The van der Waals surface area contributed by atoms with Gasteiger partial charge in [0.2, 0.25) is 11.8 Å². The summed E-state index contributed by atoms with van der Waals surface area (Å²) in [5.41, 5.74) is 0. The molecule has 94 valence electrons.